The first-order chi connectivity index (χ1) is 50.5. The van der Waals surface area contributed by atoms with Crippen molar-refractivity contribution in [1.29, 1.82) is 0 Å². The van der Waals surface area contributed by atoms with Gasteiger partial charge in [0.25, 0.3) is 6.47 Å². The molecule has 17 unspecified atom stereocenters. The zero-order chi connectivity index (χ0) is 78.7. The van der Waals surface area contributed by atoms with E-state index in [1.54, 1.807) is 0 Å². The van der Waals surface area contributed by atoms with Gasteiger partial charge in [-0.1, -0.05) is 6.92 Å². The molecule has 9 rings (SSSR count). The highest BCUT2D eigenvalue weighted by atomic mass is 16.9. The van der Waals surface area contributed by atoms with Crippen LogP contribution in [0, 0.1) is 17.8 Å². The van der Waals surface area contributed by atoms with Gasteiger partial charge in [0.05, 0.1) is 108 Å². The average molecular weight is 1560 g/mol. The molecule has 42 atom stereocenters. The number of rotatable bonds is 30. The van der Waals surface area contributed by atoms with Gasteiger partial charge in [-0.25, -0.2) is 0 Å². The van der Waals surface area contributed by atoms with E-state index in [2.05, 4.69) is 16.0 Å². The topological polar surface area (TPSA) is 697 Å². The van der Waals surface area contributed by atoms with E-state index in [0.29, 0.717) is 0 Å². The zero-order valence-electron chi connectivity index (χ0n) is 58.5. The molecule has 107 heavy (non-hydrogen) atoms. The smallest absolute Gasteiger partial charge is 0.334 e. The number of fused-ring (bicyclic) bond motifs is 1. The Morgan fingerprint density at radius 2 is 0.944 bits per heavy atom. The van der Waals surface area contributed by atoms with Crippen molar-refractivity contribution in [1.82, 2.24) is 16.0 Å². The second kappa shape index (κ2) is 37.1. The fourth-order valence-corrected chi connectivity index (χ4v) is 15.0. The number of ether oxygens (including phenoxy) is 16. The highest BCUT2D eigenvalue weighted by molar-refractivity contribution is 5.74. The normalized spacial score (nSPS) is 48.7. The van der Waals surface area contributed by atoms with Gasteiger partial charge < -0.3 is 199 Å². The van der Waals surface area contributed by atoms with Crippen molar-refractivity contribution in [2.45, 2.75) is 292 Å². The fourth-order valence-electron chi connectivity index (χ4n) is 15.0. The molecule has 0 spiro atoms. The van der Waals surface area contributed by atoms with Crippen LogP contribution in [0.2, 0.25) is 0 Å². The highest BCUT2D eigenvalue weighted by Gasteiger charge is 2.69. The van der Waals surface area contributed by atoms with E-state index in [0.717, 1.165) is 20.8 Å². The summed E-state index contributed by atoms with van der Waals surface area (Å²) in [6.45, 7) is -1.33. The van der Waals surface area contributed by atoms with E-state index in [-0.39, 0.29) is 6.47 Å². The maximum absolute atomic E-state index is 12.8. The summed E-state index contributed by atoms with van der Waals surface area (Å²) in [5, 5.41) is 251. The molecule has 0 aromatic heterocycles. The summed E-state index contributed by atoms with van der Waals surface area (Å²) in [5.74, 6) is -11.6. The fraction of sp³-hybridized carbons (Fsp3) is 0.935. The number of hydrogen-bond acceptors (Lipinski definition) is 42. The Morgan fingerprint density at radius 1 is 0.486 bits per heavy atom. The largest absolute Gasteiger partial charge is 0.410 e. The van der Waals surface area contributed by atoms with Crippen LogP contribution in [0.15, 0.2) is 0 Å². The van der Waals surface area contributed by atoms with Crippen LogP contribution >= 0.6 is 0 Å². The van der Waals surface area contributed by atoms with Crippen molar-refractivity contribution >= 4 is 24.2 Å². The summed E-state index contributed by atoms with van der Waals surface area (Å²) in [4.78, 5) is 49.5. The molecule has 0 bridgehead atoms. The molecule has 8 aliphatic heterocycles. The molecule has 1 saturated carbocycles. The molecule has 0 radical (unpaired) electrons. The van der Waals surface area contributed by atoms with Crippen molar-refractivity contribution in [2.75, 3.05) is 52.9 Å². The molecule has 45 nitrogen and oxygen atoms in total. The molecule has 8 heterocycles. The van der Waals surface area contributed by atoms with Crippen LogP contribution < -0.4 is 16.0 Å². The minimum Gasteiger partial charge on any atom is -0.410 e. The Labute approximate surface area is 609 Å². The van der Waals surface area contributed by atoms with Crippen molar-refractivity contribution in [2.24, 2.45) is 17.8 Å². The third-order valence-corrected chi connectivity index (χ3v) is 20.9. The Morgan fingerprint density at radius 3 is 1.50 bits per heavy atom. The first-order valence-corrected chi connectivity index (χ1v) is 34.9. The van der Waals surface area contributed by atoms with Crippen LogP contribution in [0.25, 0.3) is 0 Å². The zero-order valence-corrected chi connectivity index (χ0v) is 58.5. The quantitative estimate of drug-likeness (QED) is 0.0235. The highest BCUT2D eigenvalue weighted by Crippen LogP contribution is 2.53. The van der Waals surface area contributed by atoms with Gasteiger partial charge in [-0.2, -0.15) is 0 Å². The van der Waals surface area contributed by atoms with Crippen LogP contribution in [-0.2, 0) is 95.0 Å². The Balaban J connectivity index is 0.897. The molecule has 8 saturated heterocycles. The molecule has 0 aromatic rings. The number of carbonyl (C=O) groups excluding carboxylic acids is 4. The van der Waals surface area contributed by atoms with Gasteiger partial charge in [0.1, 0.15) is 146 Å². The van der Waals surface area contributed by atoms with Gasteiger partial charge in [0.15, 0.2) is 43.5 Å². The first-order valence-electron chi connectivity index (χ1n) is 34.9. The van der Waals surface area contributed by atoms with E-state index in [1.165, 1.54) is 13.8 Å². The van der Waals surface area contributed by atoms with Crippen molar-refractivity contribution in [3.05, 3.63) is 0 Å². The van der Waals surface area contributed by atoms with Gasteiger partial charge in [-0.3, -0.25) is 23.9 Å². The van der Waals surface area contributed by atoms with Gasteiger partial charge in [0.2, 0.25) is 17.7 Å². The van der Waals surface area contributed by atoms with Crippen molar-refractivity contribution in [3.63, 3.8) is 0 Å². The summed E-state index contributed by atoms with van der Waals surface area (Å²) in [6, 6.07) is -4.53. The van der Waals surface area contributed by atoms with E-state index >= 15 is 0 Å². The maximum Gasteiger partial charge on any atom is 0.334 e. The molecule has 1 aliphatic carbocycles. The SMILES string of the molecule is CC(=O)NC1C(O)[C@H](O[C@@H]2OC3CC(O)(O[C@]4(OC=O)C[C@@H](O)[C@@H](C)C([C@H](O)[C@H](O)CO)O4)[C@@H]3[C@H](O)C2O)[C@H](CO)O[C@H]1OCCC1[C@@H](OCC2O[C@@H](O[C@@H]3C(CO)O[C@@H](O[C@@H]4C(CO)O[C@@H](C)C(NC(C)=O)[C@H]4O)C(NC(C)=O)[C@H]3O)C(O)[C@@H](O[C@H]3OC(CO)[C@@H](O)C(O)C3O)[C@@H]2O)OC(CO)[C@@H](O)[C@@H]1O. The van der Waals surface area contributed by atoms with Crippen LogP contribution in [0.3, 0.4) is 0 Å². The van der Waals surface area contributed by atoms with E-state index in [1.807, 2.05) is 0 Å². The lowest BCUT2D eigenvalue weighted by molar-refractivity contribution is -0.506. The van der Waals surface area contributed by atoms with E-state index in [9.17, 15) is 132 Å². The van der Waals surface area contributed by atoms with Gasteiger partial charge >= 0.3 is 5.97 Å². The number of nitrogens with one attached hydrogen (secondary N) is 3. The lowest BCUT2D eigenvalue weighted by Crippen LogP contribution is -2.74. The van der Waals surface area contributed by atoms with Crippen LogP contribution in [0.5, 0.6) is 0 Å². The summed E-state index contributed by atoms with van der Waals surface area (Å²) < 4.78 is 94.2. The first kappa shape index (κ1) is 87.4. The third kappa shape index (κ3) is 18.8. The summed E-state index contributed by atoms with van der Waals surface area (Å²) in [6.07, 6.45) is -64.0. The summed E-state index contributed by atoms with van der Waals surface area (Å²) in [7, 11) is 0. The van der Waals surface area contributed by atoms with E-state index < -0.39 is 346 Å². The molecular formula is C62H103N3O42. The van der Waals surface area contributed by atoms with Gasteiger partial charge in [-0.15, -0.1) is 0 Å². The van der Waals surface area contributed by atoms with Gasteiger partial charge in [0, 0.05) is 39.0 Å². The standard InChI is InChI=1S/C62H103N3O42/c1-18-24(76)8-62(94-17-72,106-50(18)38(79)25(77)10-66)107-61(91)9-26-33(61)42(83)47(88)58(96-26)103-52-30(14-70)99-56(35(44(52)85)64-21(4)74)92-7-6-23-37(78)39(80)27(11-67)97-55(23)93-16-32-41(82)54(105-59-48(89)46(87)40(81)28(12-68)98-59)49(90)60(101-32)104-53-31(15-71)100-57(36(45(53)86)65-22(5)75)102-51-29(13-69)95-19(2)34(43(51)84)63-20(3)73/h17-19,23-60,66-71,76-91H,6-16H2,1-5H3,(H,63,73)(H,64,74)(H,65,75)/t18-,19+,23?,24-,25-,26?,27?,28?,29?,30+,31?,32?,33+,34?,35?,36?,37-,38-,39-,40-,41-,42+,43-,44?,45-,46?,47?,48?,49?,50?,51-,52-,53-,54+,55+,56-,57+,58+,59-,60+,61?,62+/m1/s1. The molecule has 9 aliphatic rings. The molecule has 0 aromatic carbocycles. The third-order valence-electron chi connectivity index (χ3n) is 20.9. The second-order valence-corrected chi connectivity index (χ2v) is 28.2. The molecule has 45 heteroatoms. The minimum atomic E-state index is -2.71. The number of amides is 3. The molecule has 25 N–H and O–H groups in total. The molecule has 9 fully saturated rings. The monoisotopic (exact) mass is 1560 g/mol. The predicted molar refractivity (Wildman–Crippen MR) is 334 cm³/mol. The molecular weight excluding hydrogens is 1460 g/mol. The minimum absolute atomic E-state index is 0.171. The number of hydrogen-bond donors (Lipinski definition) is 25. The van der Waals surface area contributed by atoms with E-state index in [4.69, 9.17) is 75.8 Å². The van der Waals surface area contributed by atoms with Crippen molar-refractivity contribution in [3.8, 4) is 0 Å². The lowest BCUT2D eigenvalue weighted by Gasteiger charge is -2.59. The predicted octanol–water partition coefficient (Wildman–Crippen LogP) is -15.4. The molecule has 3 amide bonds. The Bertz CT molecular complexity index is 2860. The number of aliphatic hydroxyl groups excluding tert-OH is 21. The number of carbonyl (C=O) groups is 4. The maximum atomic E-state index is 12.8. The van der Waals surface area contributed by atoms with Crippen LogP contribution in [0.1, 0.15) is 53.9 Å². The van der Waals surface area contributed by atoms with Gasteiger partial charge in [-0.05, 0) is 13.3 Å². The van der Waals surface area contributed by atoms with Crippen molar-refractivity contribution < 1.29 is 207 Å². The van der Waals surface area contributed by atoms with Crippen LogP contribution in [-0.4, -0.2) is 428 Å². The Kier molecular flexibility index (Phi) is 30.3. The lowest BCUT2D eigenvalue weighted by atomic mass is 9.68. The second-order valence-electron chi connectivity index (χ2n) is 28.2. The molecule has 618 valence electrons. The summed E-state index contributed by atoms with van der Waals surface area (Å²) >= 11 is 0. The average Bonchev–Trinajstić information content (AvgIpc) is 0.712. The Hall–Kier alpha value is -3.60. The van der Waals surface area contributed by atoms with Crippen LogP contribution in [0.4, 0.5) is 0 Å². The summed E-state index contributed by atoms with van der Waals surface area (Å²) in [5.41, 5.74) is 0. The number of aliphatic hydroxyl groups is 22.